The first-order valence-electron chi connectivity index (χ1n) is 7.72. The second-order valence-electron chi connectivity index (χ2n) is 6.17. The number of carbonyl (C=O) groups is 1. The van der Waals surface area contributed by atoms with E-state index in [1.165, 1.54) is 37.0 Å². The summed E-state index contributed by atoms with van der Waals surface area (Å²) in [5.41, 5.74) is 0. The monoisotopic (exact) mass is 328 g/mol. The summed E-state index contributed by atoms with van der Waals surface area (Å²) in [6, 6.07) is -0.552. The van der Waals surface area contributed by atoms with Gasteiger partial charge in [-0.25, -0.2) is 13.2 Å². The van der Waals surface area contributed by atoms with Crippen LogP contribution >= 0.6 is 0 Å². The van der Waals surface area contributed by atoms with E-state index in [-0.39, 0.29) is 10.9 Å². The molecule has 1 aliphatic rings. The zero-order chi connectivity index (χ0) is 16.3. The Kier molecular flexibility index (Phi) is 5.26. The molecule has 0 aromatic carbocycles. The lowest BCUT2D eigenvalue weighted by Gasteiger charge is -2.18. The van der Waals surface area contributed by atoms with Gasteiger partial charge < -0.3 is 4.74 Å². The number of carbonyl (C=O) groups excluding carboxylic acids is 1. The highest BCUT2D eigenvalue weighted by atomic mass is 32.2. The normalized spacial score (nSPS) is 17.8. The number of nitrogens with zero attached hydrogens (tertiary/aromatic N) is 2. The Hall–Kier alpha value is -1.37. The van der Waals surface area contributed by atoms with Gasteiger partial charge in [0.1, 0.15) is 10.9 Å². The first-order valence-corrected chi connectivity index (χ1v) is 9.26. The molecule has 1 heterocycles. The second-order valence-corrected chi connectivity index (χ2v) is 8.68. The highest BCUT2D eigenvalue weighted by molar-refractivity contribution is 7.92. The molecule has 0 saturated heterocycles. The highest BCUT2D eigenvalue weighted by Gasteiger charge is 2.29. The lowest BCUT2D eigenvalue weighted by atomic mass is 9.98. The van der Waals surface area contributed by atoms with Gasteiger partial charge in [-0.15, -0.1) is 0 Å². The van der Waals surface area contributed by atoms with Crippen LogP contribution in [0.15, 0.2) is 17.3 Å². The van der Waals surface area contributed by atoms with Gasteiger partial charge in [0.15, 0.2) is 9.84 Å². The van der Waals surface area contributed by atoms with Crippen LogP contribution in [0.25, 0.3) is 0 Å². The maximum atomic E-state index is 12.2. The number of esters is 1. The molecular weight excluding hydrogens is 304 g/mol. The summed E-state index contributed by atoms with van der Waals surface area (Å²) < 4.78 is 30.7. The molecule has 7 heteroatoms. The van der Waals surface area contributed by atoms with Gasteiger partial charge in [-0.2, -0.15) is 5.10 Å². The molecule has 0 N–H and O–H groups in total. The minimum Gasteiger partial charge on any atom is -0.467 e. The Balaban J connectivity index is 2.24. The van der Waals surface area contributed by atoms with Crippen LogP contribution in [0, 0.1) is 5.92 Å². The fourth-order valence-corrected chi connectivity index (χ4v) is 3.91. The van der Waals surface area contributed by atoms with E-state index in [9.17, 15) is 13.2 Å². The van der Waals surface area contributed by atoms with Gasteiger partial charge in [-0.05, 0) is 26.2 Å². The van der Waals surface area contributed by atoms with Crippen LogP contribution in [0.4, 0.5) is 0 Å². The highest BCUT2D eigenvalue weighted by Crippen LogP contribution is 2.32. The Bertz CT molecular complexity index is 615. The molecule has 0 unspecified atom stereocenters. The Labute approximate surface area is 131 Å². The molecule has 1 fully saturated rings. The van der Waals surface area contributed by atoms with E-state index in [4.69, 9.17) is 4.74 Å². The topological polar surface area (TPSA) is 78.3 Å². The van der Waals surface area contributed by atoms with Crippen molar-refractivity contribution in [1.82, 2.24) is 9.78 Å². The Morgan fingerprint density at radius 3 is 2.59 bits per heavy atom. The van der Waals surface area contributed by atoms with Crippen LogP contribution in [0.1, 0.15) is 52.0 Å². The molecule has 22 heavy (non-hydrogen) atoms. The maximum Gasteiger partial charge on any atom is 0.330 e. The molecule has 0 amide bonds. The molecule has 0 spiro atoms. The quantitative estimate of drug-likeness (QED) is 0.749. The van der Waals surface area contributed by atoms with Crippen molar-refractivity contribution in [3.05, 3.63) is 12.4 Å². The van der Waals surface area contributed by atoms with Crippen molar-refractivity contribution in [2.75, 3.05) is 7.11 Å². The summed E-state index contributed by atoms with van der Waals surface area (Å²) in [4.78, 5) is 12.2. The molecule has 1 aliphatic carbocycles. The van der Waals surface area contributed by atoms with Gasteiger partial charge >= 0.3 is 5.97 Å². The average molecular weight is 328 g/mol. The van der Waals surface area contributed by atoms with Crippen molar-refractivity contribution in [3.63, 3.8) is 0 Å². The standard InChI is InChI=1S/C15H24N2O4S/c1-11(2)22(19,20)13-9-16-17(10-13)14(15(18)21-3)8-12-6-4-5-7-12/h9-12,14H,4-8H2,1-3H3/t14-/m0/s1. The van der Waals surface area contributed by atoms with E-state index in [0.717, 1.165) is 12.8 Å². The van der Waals surface area contributed by atoms with Gasteiger partial charge in [0.05, 0.1) is 18.6 Å². The van der Waals surface area contributed by atoms with Crippen molar-refractivity contribution in [2.24, 2.45) is 5.92 Å². The van der Waals surface area contributed by atoms with Gasteiger partial charge in [0.2, 0.25) is 0 Å². The van der Waals surface area contributed by atoms with Crippen molar-refractivity contribution in [3.8, 4) is 0 Å². The second kappa shape index (κ2) is 6.81. The van der Waals surface area contributed by atoms with E-state index >= 15 is 0 Å². The first-order chi connectivity index (χ1) is 10.4. The SMILES string of the molecule is COC(=O)[C@H](CC1CCCC1)n1cc(S(=O)(=O)C(C)C)cn1. The van der Waals surface area contributed by atoms with Crippen molar-refractivity contribution in [2.45, 2.75) is 62.1 Å². The van der Waals surface area contributed by atoms with Crippen molar-refractivity contribution < 1.29 is 17.9 Å². The molecular formula is C15H24N2O4S. The third-order valence-corrected chi connectivity index (χ3v) is 6.46. The molecule has 0 bridgehead atoms. The number of hydrogen-bond donors (Lipinski definition) is 0. The number of rotatable bonds is 6. The Morgan fingerprint density at radius 2 is 2.05 bits per heavy atom. The predicted octanol–water partition coefficient (Wildman–Crippen LogP) is 2.36. The number of methoxy groups -OCH3 is 1. The molecule has 1 aromatic rings. The summed E-state index contributed by atoms with van der Waals surface area (Å²) in [5, 5.41) is 3.60. The number of ether oxygens (including phenoxy) is 1. The van der Waals surface area contributed by atoms with Crippen LogP contribution in [0.5, 0.6) is 0 Å². The number of aromatic nitrogens is 2. The summed E-state index contributed by atoms with van der Waals surface area (Å²) in [5.74, 6) is 0.0990. The molecule has 2 rings (SSSR count). The molecule has 124 valence electrons. The van der Waals surface area contributed by atoms with E-state index in [2.05, 4.69) is 5.10 Å². The number of sulfone groups is 1. The number of hydrogen-bond acceptors (Lipinski definition) is 5. The third kappa shape index (κ3) is 3.51. The summed E-state index contributed by atoms with van der Waals surface area (Å²) in [7, 11) is -2.04. The van der Waals surface area contributed by atoms with Gasteiger partial charge in [0.25, 0.3) is 0 Å². The predicted molar refractivity (Wildman–Crippen MR) is 82.2 cm³/mol. The van der Waals surface area contributed by atoms with E-state index < -0.39 is 21.1 Å². The van der Waals surface area contributed by atoms with Gasteiger partial charge in [-0.3, -0.25) is 4.68 Å². The fraction of sp³-hybridized carbons (Fsp3) is 0.733. The largest absolute Gasteiger partial charge is 0.467 e. The minimum absolute atomic E-state index is 0.155. The van der Waals surface area contributed by atoms with Crippen molar-refractivity contribution in [1.29, 1.82) is 0 Å². The molecule has 1 saturated carbocycles. The van der Waals surface area contributed by atoms with E-state index in [1.807, 2.05) is 0 Å². The smallest absolute Gasteiger partial charge is 0.330 e. The van der Waals surface area contributed by atoms with Gasteiger partial charge in [0, 0.05) is 6.20 Å². The molecule has 6 nitrogen and oxygen atoms in total. The van der Waals surface area contributed by atoms with Crippen LogP contribution in [-0.4, -0.2) is 36.5 Å². The molecule has 1 atom stereocenters. The average Bonchev–Trinajstić information content (AvgIpc) is 3.15. The maximum absolute atomic E-state index is 12.2. The third-order valence-electron chi connectivity index (χ3n) is 4.35. The Morgan fingerprint density at radius 1 is 1.41 bits per heavy atom. The zero-order valence-corrected chi connectivity index (χ0v) is 14.2. The lowest BCUT2D eigenvalue weighted by molar-refractivity contribution is -0.145. The van der Waals surface area contributed by atoms with Gasteiger partial charge in [-0.1, -0.05) is 25.7 Å². The minimum atomic E-state index is -3.38. The van der Waals surface area contributed by atoms with Crippen LogP contribution in [0.2, 0.25) is 0 Å². The summed E-state index contributed by atoms with van der Waals surface area (Å²) >= 11 is 0. The zero-order valence-electron chi connectivity index (χ0n) is 13.4. The molecule has 1 aromatic heterocycles. The molecule has 0 aliphatic heterocycles. The summed E-state index contributed by atoms with van der Waals surface area (Å²) in [6.07, 6.45) is 7.99. The first kappa shape index (κ1) is 17.0. The van der Waals surface area contributed by atoms with Crippen molar-refractivity contribution >= 4 is 15.8 Å². The molecule has 0 radical (unpaired) electrons. The fourth-order valence-electron chi connectivity index (χ4n) is 2.92. The van der Waals surface area contributed by atoms with Crippen LogP contribution in [0.3, 0.4) is 0 Å². The van der Waals surface area contributed by atoms with E-state index in [1.54, 1.807) is 13.8 Å². The lowest BCUT2D eigenvalue weighted by Crippen LogP contribution is -2.23. The van der Waals surface area contributed by atoms with Crippen LogP contribution < -0.4 is 0 Å². The van der Waals surface area contributed by atoms with Crippen LogP contribution in [-0.2, 0) is 19.4 Å². The van der Waals surface area contributed by atoms with E-state index in [0.29, 0.717) is 12.3 Å². The summed E-state index contributed by atoms with van der Waals surface area (Å²) in [6.45, 7) is 3.26.